The first-order valence-electron chi connectivity index (χ1n) is 6.90. The third kappa shape index (κ3) is 3.77. The van der Waals surface area contributed by atoms with Gasteiger partial charge in [0.2, 0.25) is 5.91 Å². The van der Waals surface area contributed by atoms with Crippen molar-refractivity contribution in [2.24, 2.45) is 5.41 Å². The zero-order valence-electron chi connectivity index (χ0n) is 11.3. The van der Waals surface area contributed by atoms with Gasteiger partial charge in [-0.1, -0.05) is 13.3 Å². The summed E-state index contributed by atoms with van der Waals surface area (Å²) in [5.74, 6) is -0.386. The summed E-state index contributed by atoms with van der Waals surface area (Å²) in [7, 11) is 0. The van der Waals surface area contributed by atoms with E-state index in [9.17, 15) is 9.18 Å². The average Bonchev–Trinajstić information content (AvgIpc) is 2.35. The number of nitrogens with one attached hydrogen (secondary N) is 2. The monoisotopic (exact) mass is 264 g/mol. The summed E-state index contributed by atoms with van der Waals surface area (Å²) in [5.41, 5.74) is 1.04. The van der Waals surface area contributed by atoms with Crippen LogP contribution in [0.25, 0.3) is 0 Å². The quantitative estimate of drug-likeness (QED) is 0.829. The second kappa shape index (κ2) is 6.15. The predicted molar refractivity (Wildman–Crippen MR) is 74.5 cm³/mol. The molecule has 1 aromatic carbocycles. The Morgan fingerprint density at radius 2 is 2.00 bits per heavy atom. The van der Waals surface area contributed by atoms with Crippen LogP contribution in [0, 0.1) is 11.2 Å². The number of anilines is 1. The molecule has 19 heavy (non-hydrogen) atoms. The zero-order valence-corrected chi connectivity index (χ0v) is 11.3. The molecule has 0 aromatic heterocycles. The van der Waals surface area contributed by atoms with Crippen LogP contribution in [0.15, 0.2) is 24.3 Å². The third-order valence-corrected chi connectivity index (χ3v) is 4.08. The standard InChI is InChI=1S/C15H21FN2O/c1-2-15(8-3-9-15)11-17-10-14(19)18-13-6-4-12(16)5-7-13/h4-7,17H,2-3,8-11H2,1H3,(H,18,19). The molecule has 1 aliphatic carbocycles. The van der Waals surface area contributed by atoms with Crippen LogP contribution < -0.4 is 10.6 Å². The molecule has 2 N–H and O–H groups in total. The van der Waals surface area contributed by atoms with Crippen molar-refractivity contribution in [2.75, 3.05) is 18.4 Å². The van der Waals surface area contributed by atoms with Gasteiger partial charge in [0, 0.05) is 12.2 Å². The minimum atomic E-state index is -0.300. The molecule has 0 aliphatic heterocycles. The van der Waals surface area contributed by atoms with E-state index in [1.54, 1.807) is 12.1 Å². The van der Waals surface area contributed by atoms with Gasteiger partial charge in [-0.15, -0.1) is 0 Å². The first kappa shape index (κ1) is 14.0. The molecule has 0 saturated heterocycles. The summed E-state index contributed by atoms with van der Waals surface area (Å²) in [6.07, 6.45) is 4.99. The summed E-state index contributed by atoms with van der Waals surface area (Å²) in [6, 6.07) is 5.80. The number of carbonyl (C=O) groups excluding carboxylic acids is 1. The molecule has 3 nitrogen and oxygen atoms in total. The number of hydrogen-bond donors (Lipinski definition) is 2. The molecule has 104 valence electrons. The minimum Gasteiger partial charge on any atom is -0.325 e. The number of hydrogen-bond acceptors (Lipinski definition) is 2. The van der Waals surface area contributed by atoms with Crippen LogP contribution >= 0.6 is 0 Å². The highest BCUT2D eigenvalue weighted by Crippen LogP contribution is 2.42. The van der Waals surface area contributed by atoms with Gasteiger partial charge in [-0.2, -0.15) is 0 Å². The molecule has 0 heterocycles. The Balaban J connectivity index is 1.71. The van der Waals surface area contributed by atoms with Crippen molar-refractivity contribution >= 4 is 11.6 Å². The Morgan fingerprint density at radius 1 is 1.32 bits per heavy atom. The lowest BCUT2D eigenvalue weighted by Gasteiger charge is -2.41. The Hall–Kier alpha value is -1.42. The summed E-state index contributed by atoms with van der Waals surface area (Å²) in [4.78, 5) is 11.7. The van der Waals surface area contributed by atoms with E-state index in [0.29, 0.717) is 17.6 Å². The van der Waals surface area contributed by atoms with Gasteiger partial charge in [0.1, 0.15) is 5.82 Å². The van der Waals surface area contributed by atoms with E-state index in [-0.39, 0.29) is 11.7 Å². The Bertz CT molecular complexity index is 421. The molecule has 1 fully saturated rings. The molecule has 0 spiro atoms. The smallest absolute Gasteiger partial charge is 0.238 e. The van der Waals surface area contributed by atoms with E-state index in [2.05, 4.69) is 17.6 Å². The highest BCUT2D eigenvalue weighted by atomic mass is 19.1. The van der Waals surface area contributed by atoms with Crippen LogP contribution in [0.1, 0.15) is 32.6 Å². The highest BCUT2D eigenvalue weighted by molar-refractivity contribution is 5.92. The lowest BCUT2D eigenvalue weighted by molar-refractivity contribution is -0.115. The maximum absolute atomic E-state index is 12.7. The molecule has 0 bridgehead atoms. The zero-order chi connectivity index (χ0) is 13.7. The fourth-order valence-electron chi connectivity index (χ4n) is 2.51. The summed E-state index contributed by atoms with van der Waals surface area (Å²) >= 11 is 0. The number of halogens is 1. The Morgan fingerprint density at radius 3 is 2.53 bits per heavy atom. The molecule has 0 atom stereocenters. The second-order valence-electron chi connectivity index (χ2n) is 5.37. The van der Waals surface area contributed by atoms with Crippen molar-refractivity contribution in [3.63, 3.8) is 0 Å². The van der Waals surface area contributed by atoms with Crippen molar-refractivity contribution in [3.05, 3.63) is 30.1 Å². The van der Waals surface area contributed by atoms with Crippen LogP contribution in [0.4, 0.5) is 10.1 Å². The third-order valence-electron chi connectivity index (χ3n) is 4.08. The molecule has 1 saturated carbocycles. The molecule has 0 unspecified atom stereocenters. The predicted octanol–water partition coefficient (Wildman–Crippen LogP) is 2.93. The van der Waals surface area contributed by atoms with Crippen molar-refractivity contribution in [2.45, 2.75) is 32.6 Å². The van der Waals surface area contributed by atoms with Crippen LogP contribution in [0.2, 0.25) is 0 Å². The van der Waals surface area contributed by atoms with Gasteiger partial charge in [0.25, 0.3) is 0 Å². The van der Waals surface area contributed by atoms with Gasteiger partial charge in [-0.25, -0.2) is 4.39 Å². The van der Waals surface area contributed by atoms with Crippen molar-refractivity contribution in [1.82, 2.24) is 5.32 Å². The first-order valence-corrected chi connectivity index (χ1v) is 6.90. The Labute approximate surface area is 113 Å². The van der Waals surface area contributed by atoms with Crippen molar-refractivity contribution in [3.8, 4) is 0 Å². The normalized spacial score (nSPS) is 16.7. The number of benzene rings is 1. The largest absolute Gasteiger partial charge is 0.325 e. The van der Waals surface area contributed by atoms with Gasteiger partial charge in [0.05, 0.1) is 6.54 Å². The molecular weight excluding hydrogens is 243 g/mol. The minimum absolute atomic E-state index is 0.0859. The topological polar surface area (TPSA) is 41.1 Å². The van der Waals surface area contributed by atoms with E-state index in [1.165, 1.54) is 37.8 Å². The Kier molecular flexibility index (Phi) is 4.53. The van der Waals surface area contributed by atoms with Crippen molar-refractivity contribution in [1.29, 1.82) is 0 Å². The first-order chi connectivity index (χ1) is 9.13. The average molecular weight is 264 g/mol. The lowest BCUT2D eigenvalue weighted by atomic mass is 9.67. The molecule has 1 aromatic rings. The second-order valence-corrected chi connectivity index (χ2v) is 5.37. The van der Waals surface area contributed by atoms with E-state index in [0.717, 1.165) is 6.54 Å². The summed E-state index contributed by atoms with van der Waals surface area (Å²) < 4.78 is 12.7. The van der Waals surface area contributed by atoms with E-state index >= 15 is 0 Å². The maximum Gasteiger partial charge on any atom is 0.238 e. The number of rotatable bonds is 6. The molecule has 2 rings (SSSR count). The summed E-state index contributed by atoms with van der Waals surface area (Å²) in [6.45, 7) is 3.42. The molecule has 1 amide bonds. The van der Waals surface area contributed by atoms with Gasteiger partial charge in [-0.3, -0.25) is 4.79 Å². The van der Waals surface area contributed by atoms with Gasteiger partial charge in [-0.05, 0) is 48.9 Å². The van der Waals surface area contributed by atoms with E-state index < -0.39 is 0 Å². The van der Waals surface area contributed by atoms with Crippen LogP contribution in [-0.4, -0.2) is 19.0 Å². The van der Waals surface area contributed by atoms with Crippen LogP contribution in [-0.2, 0) is 4.79 Å². The SMILES string of the molecule is CCC1(CNCC(=O)Nc2ccc(F)cc2)CCC1. The van der Waals surface area contributed by atoms with Crippen LogP contribution in [0.3, 0.4) is 0 Å². The lowest BCUT2D eigenvalue weighted by Crippen LogP contribution is -2.41. The molecule has 1 aliphatic rings. The van der Waals surface area contributed by atoms with E-state index in [1.807, 2.05) is 0 Å². The fourth-order valence-corrected chi connectivity index (χ4v) is 2.51. The van der Waals surface area contributed by atoms with Gasteiger partial charge >= 0.3 is 0 Å². The molecule has 0 radical (unpaired) electrons. The number of carbonyl (C=O) groups is 1. The van der Waals surface area contributed by atoms with Gasteiger partial charge in [0.15, 0.2) is 0 Å². The molecular formula is C15H21FN2O. The summed E-state index contributed by atoms with van der Waals surface area (Å²) in [5, 5.41) is 5.97. The fraction of sp³-hybridized carbons (Fsp3) is 0.533. The number of amides is 1. The van der Waals surface area contributed by atoms with Gasteiger partial charge < -0.3 is 10.6 Å². The van der Waals surface area contributed by atoms with E-state index in [4.69, 9.17) is 0 Å². The molecule has 4 heteroatoms. The van der Waals surface area contributed by atoms with Crippen LogP contribution in [0.5, 0.6) is 0 Å². The van der Waals surface area contributed by atoms with Crippen molar-refractivity contribution < 1.29 is 9.18 Å². The maximum atomic E-state index is 12.7. The highest BCUT2D eigenvalue weighted by Gasteiger charge is 2.34.